The molecule has 0 amide bonds. The Hall–Kier alpha value is -4.53. The number of rotatable bonds is 9. The summed E-state index contributed by atoms with van der Waals surface area (Å²) in [6.45, 7) is 6.37. The average molecular weight is 763 g/mol. The summed E-state index contributed by atoms with van der Waals surface area (Å²) in [6, 6.07) is 32.4. The van der Waals surface area contributed by atoms with Crippen molar-refractivity contribution in [2.24, 2.45) is 0 Å². The summed E-state index contributed by atoms with van der Waals surface area (Å²) in [7, 11) is 0. The van der Waals surface area contributed by atoms with E-state index in [9.17, 15) is 10.1 Å². The van der Waals surface area contributed by atoms with Crippen LogP contribution in [0.25, 0.3) is 44.8 Å². The van der Waals surface area contributed by atoms with E-state index in [0.717, 1.165) is 72.6 Å². The van der Waals surface area contributed by atoms with Crippen molar-refractivity contribution in [2.75, 3.05) is 0 Å². The standard InChI is InChI=1S/C28H29N4.C8H4NO2.Pt/c1-3-5-18-31-25-16-9-7-14-23(25)29-27(31)21-12-11-13-22(20-21)28-30-24-15-8-10-17-26(24)32(28)19-6-4-2;1-2-7-3-5-8(6-4-7)9(10)11;/h7-17H,3-6,18-19H2,1-2H3;3-6H;/q2*-1;+2. The summed E-state index contributed by atoms with van der Waals surface area (Å²) in [6.07, 6.45) is 11.3. The first-order valence-electron chi connectivity index (χ1n) is 14.6. The van der Waals surface area contributed by atoms with E-state index in [1.54, 1.807) is 0 Å². The van der Waals surface area contributed by atoms with E-state index in [4.69, 9.17) is 16.4 Å². The summed E-state index contributed by atoms with van der Waals surface area (Å²) >= 11 is 0. The van der Waals surface area contributed by atoms with Gasteiger partial charge in [0.05, 0.1) is 38.6 Å². The molecule has 6 rings (SSSR count). The molecule has 7 nitrogen and oxygen atoms in total. The van der Waals surface area contributed by atoms with Crippen LogP contribution in [0.5, 0.6) is 0 Å². The molecule has 8 heteroatoms. The molecule has 0 unspecified atom stereocenters. The van der Waals surface area contributed by atoms with E-state index in [1.165, 1.54) is 35.3 Å². The molecule has 0 aliphatic rings. The Balaban J connectivity index is 0.000000313. The summed E-state index contributed by atoms with van der Waals surface area (Å²) in [4.78, 5) is 19.6. The molecule has 6 aromatic rings. The minimum atomic E-state index is -0.478. The first-order valence-corrected chi connectivity index (χ1v) is 14.6. The molecule has 0 bridgehead atoms. The van der Waals surface area contributed by atoms with Gasteiger partial charge in [-0.1, -0.05) is 62.1 Å². The number of nitro groups is 1. The van der Waals surface area contributed by atoms with E-state index >= 15 is 0 Å². The van der Waals surface area contributed by atoms with Gasteiger partial charge in [0.1, 0.15) is 0 Å². The Labute approximate surface area is 272 Å². The van der Waals surface area contributed by atoms with Crippen LogP contribution in [-0.4, -0.2) is 24.0 Å². The van der Waals surface area contributed by atoms with Crippen LogP contribution in [0, 0.1) is 28.5 Å². The molecule has 0 saturated heterocycles. The Bertz CT molecular complexity index is 1800. The van der Waals surface area contributed by atoms with Crippen molar-refractivity contribution in [1.82, 2.24) is 19.1 Å². The second-order valence-corrected chi connectivity index (χ2v) is 10.3. The molecule has 0 atom stereocenters. The number of aryl methyl sites for hydroxylation is 2. The second-order valence-electron chi connectivity index (χ2n) is 10.3. The van der Waals surface area contributed by atoms with Gasteiger partial charge in [-0.3, -0.25) is 26.0 Å². The Morgan fingerprint density at radius 3 is 1.66 bits per heavy atom. The molecule has 0 N–H and O–H groups in total. The number of unbranched alkanes of at least 4 members (excludes halogenated alkanes) is 2. The van der Waals surface area contributed by atoms with Crippen LogP contribution in [0.15, 0.2) is 91.0 Å². The SMILES string of the molecule is CCCCn1c(-c2[c-]c(-c3nc4ccccc4n3CCCC)ccc2)nc2ccccc21.[C-]#Cc1ccc([N+](=O)[O-])cc1.[Pt+2]. The zero-order valence-electron chi connectivity index (χ0n) is 24.8. The third kappa shape index (κ3) is 7.15. The van der Waals surface area contributed by atoms with Crippen molar-refractivity contribution in [3.8, 4) is 28.7 Å². The van der Waals surface area contributed by atoms with Crippen molar-refractivity contribution >= 4 is 27.8 Å². The molecule has 0 aliphatic heterocycles. The molecule has 4 aromatic carbocycles. The van der Waals surface area contributed by atoms with Crippen molar-refractivity contribution in [3.05, 3.63) is 119 Å². The van der Waals surface area contributed by atoms with Gasteiger partial charge in [0.2, 0.25) is 0 Å². The fourth-order valence-corrected chi connectivity index (χ4v) is 5.04. The molecule has 0 saturated carbocycles. The topological polar surface area (TPSA) is 78.8 Å². The maximum atomic E-state index is 10.1. The molecule has 224 valence electrons. The smallest absolute Gasteiger partial charge is 0.366 e. The zero-order chi connectivity index (χ0) is 30.2. The summed E-state index contributed by atoms with van der Waals surface area (Å²) in [5.74, 6) is 4.09. The van der Waals surface area contributed by atoms with E-state index in [0.29, 0.717) is 5.56 Å². The van der Waals surface area contributed by atoms with Gasteiger partial charge in [0, 0.05) is 13.1 Å². The van der Waals surface area contributed by atoms with Gasteiger partial charge in [-0.25, -0.2) is 0 Å². The summed E-state index contributed by atoms with van der Waals surface area (Å²) in [5.41, 5.74) is 7.04. The molecule has 0 radical (unpaired) electrons. The fraction of sp³-hybridized carbons (Fsp3) is 0.222. The van der Waals surface area contributed by atoms with Crippen LogP contribution in [0.3, 0.4) is 0 Å². The second kappa shape index (κ2) is 15.3. The van der Waals surface area contributed by atoms with Crippen LogP contribution < -0.4 is 0 Å². The Morgan fingerprint density at radius 1 is 0.750 bits per heavy atom. The number of imidazole rings is 2. The fourth-order valence-electron chi connectivity index (χ4n) is 5.04. The van der Waals surface area contributed by atoms with E-state index in [-0.39, 0.29) is 26.8 Å². The number of hydrogen-bond donors (Lipinski definition) is 0. The normalized spacial score (nSPS) is 10.6. The molecule has 0 spiro atoms. The zero-order valence-corrected chi connectivity index (χ0v) is 27.0. The molecule has 0 fully saturated rings. The van der Waals surface area contributed by atoms with Crippen LogP contribution >= 0.6 is 0 Å². The molecule has 0 aliphatic carbocycles. The van der Waals surface area contributed by atoms with E-state index in [1.807, 2.05) is 0 Å². The Morgan fingerprint density at radius 2 is 1.23 bits per heavy atom. The molecule has 2 aromatic heterocycles. The van der Waals surface area contributed by atoms with Gasteiger partial charge in [-0.05, 0) is 49.2 Å². The summed E-state index contributed by atoms with van der Waals surface area (Å²) < 4.78 is 4.68. The predicted molar refractivity (Wildman–Crippen MR) is 172 cm³/mol. The third-order valence-corrected chi connectivity index (χ3v) is 7.28. The minimum Gasteiger partial charge on any atom is -0.366 e. The molecule has 44 heavy (non-hydrogen) atoms. The number of non-ortho nitro benzene ring substituents is 1. The predicted octanol–water partition coefficient (Wildman–Crippen LogP) is 8.65. The van der Waals surface area contributed by atoms with Crippen LogP contribution in [0.4, 0.5) is 5.69 Å². The van der Waals surface area contributed by atoms with Crippen molar-refractivity contribution in [2.45, 2.75) is 52.6 Å². The maximum absolute atomic E-state index is 10.1. The number of benzene rings is 4. The maximum Gasteiger partial charge on any atom is 2.00 e. The summed E-state index contributed by atoms with van der Waals surface area (Å²) in [5, 5.41) is 10.1. The number of para-hydroxylation sites is 4. The van der Waals surface area contributed by atoms with Crippen molar-refractivity contribution in [3.63, 3.8) is 0 Å². The van der Waals surface area contributed by atoms with E-state index < -0.39 is 4.92 Å². The van der Waals surface area contributed by atoms with E-state index in [2.05, 4.69) is 102 Å². The molecular weight excluding hydrogens is 730 g/mol. The van der Waals surface area contributed by atoms with Gasteiger partial charge in [-0.2, -0.15) is 0 Å². The van der Waals surface area contributed by atoms with Crippen LogP contribution in [-0.2, 0) is 34.2 Å². The first-order chi connectivity index (χ1) is 21.0. The number of nitrogens with zero attached hydrogens (tertiary/aromatic N) is 5. The van der Waals surface area contributed by atoms with Crippen molar-refractivity contribution < 1.29 is 26.0 Å². The van der Waals surface area contributed by atoms with Gasteiger partial charge in [0.25, 0.3) is 5.69 Å². The Kier molecular flexibility index (Phi) is 11.2. The van der Waals surface area contributed by atoms with Gasteiger partial charge >= 0.3 is 21.1 Å². The molecular formula is C36H33N5O2Pt. The largest absolute Gasteiger partial charge is 2.00 e. The van der Waals surface area contributed by atoms with Gasteiger partial charge in [0.15, 0.2) is 0 Å². The van der Waals surface area contributed by atoms with Crippen LogP contribution in [0.1, 0.15) is 45.1 Å². The number of fused-ring (bicyclic) bond motifs is 2. The quantitative estimate of drug-likeness (QED) is 0.0640. The average Bonchev–Trinajstić information content (AvgIpc) is 3.61. The number of nitro benzene ring substituents is 1. The monoisotopic (exact) mass is 762 g/mol. The number of aromatic nitrogens is 4. The van der Waals surface area contributed by atoms with Crippen molar-refractivity contribution in [1.29, 1.82) is 0 Å². The molecule has 2 heterocycles. The van der Waals surface area contributed by atoms with Crippen LogP contribution in [0.2, 0.25) is 0 Å². The minimum absolute atomic E-state index is 0. The first kappa shape index (κ1) is 32.4. The third-order valence-electron chi connectivity index (χ3n) is 7.28. The van der Waals surface area contributed by atoms with Gasteiger partial charge < -0.3 is 15.6 Å². The number of hydrogen-bond acceptors (Lipinski definition) is 4. The van der Waals surface area contributed by atoms with Gasteiger partial charge in [-0.15, -0.1) is 42.0 Å².